The van der Waals surface area contributed by atoms with Gasteiger partial charge < -0.3 is 10.1 Å². The van der Waals surface area contributed by atoms with Crippen LogP contribution in [0.4, 0.5) is 5.69 Å². The number of nitrogens with zero attached hydrogens (tertiary/aromatic N) is 1. The molecule has 1 aliphatic heterocycles. The number of nitrogens with one attached hydrogen (secondary N) is 1. The van der Waals surface area contributed by atoms with Gasteiger partial charge in [0.1, 0.15) is 11.4 Å². The molecule has 3 nitrogen and oxygen atoms in total. The second-order valence-electron chi connectivity index (χ2n) is 5.96. The molecule has 1 N–H and O–H groups in total. The highest BCUT2D eigenvalue weighted by Crippen LogP contribution is 2.44. The molecule has 2 aromatic carbocycles. The Morgan fingerprint density at radius 1 is 1.19 bits per heavy atom. The van der Waals surface area contributed by atoms with Crippen molar-refractivity contribution >= 4 is 5.69 Å². The summed E-state index contributed by atoms with van der Waals surface area (Å²) < 4.78 is 6.05. The van der Waals surface area contributed by atoms with Crippen LogP contribution in [0.15, 0.2) is 42.5 Å². The largest absolute Gasteiger partial charge is 0.485 e. The molecule has 1 unspecified atom stereocenters. The maximum atomic E-state index is 9.07. The van der Waals surface area contributed by atoms with Gasteiger partial charge in [0.15, 0.2) is 0 Å². The number of rotatable bonds is 2. The van der Waals surface area contributed by atoms with Gasteiger partial charge in [-0.05, 0) is 44.5 Å². The molecule has 0 radical (unpaired) electrons. The first kappa shape index (κ1) is 13.5. The van der Waals surface area contributed by atoms with E-state index in [0.29, 0.717) is 5.56 Å². The summed E-state index contributed by atoms with van der Waals surface area (Å²) in [6.07, 6.45) is 0. The molecule has 3 rings (SSSR count). The van der Waals surface area contributed by atoms with Gasteiger partial charge in [0.25, 0.3) is 0 Å². The number of ether oxygens (including phenoxy) is 1. The summed E-state index contributed by atoms with van der Waals surface area (Å²) >= 11 is 0. The molecule has 106 valence electrons. The summed E-state index contributed by atoms with van der Waals surface area (Å²) in [5.74, 6) is 0.925. The standard InChI is InChI=1S/C18H18N2O/c1-12-8-9-13(11-19)10-15(12)20-17-14-6-4-5-7-16(14)21-18(17,2)3/h4-10,17,20H,1-3H3. The average Bonchev–Trinajstić information content (AvgIpc) is 2.72. The first-order chi connectivity index (χ1) is 10.0. The van der Waals surface area contributed by atoms with Crippen molar-refractivity contribution in [3.05, 3.63) is 59.2 Å². The predicted molar refractivity (Wildman–Crippen MR) is 83.4 cm³/mol. The van der Waals surface area contributed by atoms with Crippen LogP contribution in [0.25, 0.3) is 0 Å². The quantitative estimate of drug-likeness (QED) is 0.895. The molecule has 0 aliphatic carbocycles. The fraction of sp³-hybridized carbons (Fsp3) is 0.278. The maximum absolute atomic E-state index is 9.07. The first-order valence-electron chi connectivity index (χ1n) is 7.06. The zero-order valence-electron chi connectivity index (χ0n) is 12.5. The summed E-state index contributed by atoms with van der Waals surface area (Å²) in [6.45, 7) is 6.19. The molecule has 0 fully saturated rings. The molecule has 1 aliphatic rings. The summed E-state index contributed by atoms with van der Waals surface area (Å²) in [7, 11) is 0. The summed E-state index contributed by atoms with van der Waals surface area (Å²) in [5, 5.41) is 12.6. The van der Waals surface area contributed by atoms with Crippen molar-refractivity contribution in [2.45, 2.75) is 32.4 Å². The van der Waals surface area contributed by atoms with Gasteiger partial charge in [0.2, 0.25) is 0 Å². The third-order valence-corrected chi connectivity index (χ3v) is 3.96. The monoisotopic (exact) mass is 278 g/mol. The Hall–Kier alpha value is -2.47. The van der Waals surface area contributed by atoms with Crippen LogP contribution in [0.3, 0.4) is 0 Å². The number of benzene rings is 2. The molecule has 2 aromatic rings. The number of hydrogen-bond acceptors (Lipinski definition) is 3. The topological polar surface area (TPSA) is 45.0 Å². The molecule has 1 atom stereocenters. The molecular formula is C18H18N2O. The second kappa shape index (κ2) is 4.82. The molecule has 0 saturated carbocycles. The fourth-order valence-electron chi connectivity index (χ4n) is 2.78. The molecule has 0 amide bonds. The number of aryl methyl sites for hydroxylation is 1. The van der Waals surface area contributed by atoms with Crippen LogP contribution < -0.4 is 10.1 Å². The highest BCUT2D eigenvalue weighted by molar-refractivity contribution is 5.58. The minimum Gasteiger partial charge on any atom is -0.485 e. The van der Waals surface area contributed by atoms with Crippen molar-refractivity contribution in [2.75, 3.05) is 5.32 Å². The minimum absolute atomic E-state index is 0.0568. The number of para-hydroxylation sites is 1. The number of anilines is 1. The molecule has 0 aromatic heterocycles. The predicted octanol–water partition coefficient (Wildman–Crippen LogP) is 4.19. The molecule has 0 bridgehead atoms. The van der Waals surface area contributed by atoms with Crippen molar-refractivity contribution in [3.63, 3.8) is 0 Å². The Balaban J connectivity index is 2.00. The van der Waals surface area contributed by atoms with E-state index >= 15 is 0 Å². The van der Waals surface area contributed by atoms with Gasteiger partial charge in [0.05, 0.1) is 17.7 Å². The first-order valence-corrected chi connectivity index (χ1v) is 7.06. The fourth-order valence-corrected chi connectivity index (χ4v) is 2.78. The lowest BCUT2D eigenvalue weighted by molar-refractivity contribution is 0.118. The zero-order chi connectivity index (χ0) is 15.0. The van der Waals surface area contributed by atoms with Crippen LogP contribution in [0.2, 0.25) is 0 Å². The van der Waals surface area contributed by atoms with Crippen LogP contribution in [0.1, 0.15) is 36.6 Å². The van der Waals surface area contributed by atoms with Crippen LogP contribution in [0, 0.1) is 18.3 Å². The molecule has 21 heavy (non-hydrogen) atoms. The van der Waals surface area contributed by atoms with Crippen molar-refractivity contribution in [3.8, 4) is 11.8 Å². The van der Waals surface area contributed by atoms with E-state index in [1.54, 1.807) is 0 Å². The third kappa shape index (κ3) is 2.34. The molecule has 3 heteroatoms. The smallest absolute Gasteiger partial charge is 0.128 e. The van der Waals surface area contributed by atoms with Gasteiger partial charge in [-0.2, -0.15) is 5.26 Å². The maximum Gasteiger partial charge on any atom is 0.128 e. The van der Waals surface area contributed by atoms with E-state index in [1.807, 2.05) is 43.3 Å². The van der Waals surface area contributed by atoms with E-state index in [2.05, 4.69) is 31.3 Å². The summed E-state index contributed by atoms with van der Waals surface area (Å²) in [4.78, 5) is 0. The van der Waals surface area contributed by atoms with E-state index in [0.717, 1.165) is 22.6 Å². The second-order valence-corrected chi connectivity index (χ2v) is 5.96. The van der Waals surface area contributed by atoms with E-state index < -0.39 is 0 Å². The van der Waals surface area contributed by atoms with E-state index in [-0.39, 0.29) is 11.6 Å². The highest BCUT2D eigenvalue weighted by Gasteiger charge is 2.41. The average molecular weight is 278 g/mol. The van der Waals surface area contributed by atoms with Gasteiger partial charge in [-0.25, -0.2) is 0 Å². The Morgan fingerprint density at radius 3 is 2.71 bits per heavy atom. The van der Waals surface area contributed by atoms with Gasteiger partial charge in [0, 0.05) is 11.3 Å². The minimum atomic E-state index is -0.335. The molecular weight excluding hydrogens is 260 g/mol. The molecule has 0 spiro atoms. The Labute approximate surface area is 125 Å². The normalized spacial score (nSPS) is 18.5. The van der Waals surface area contributed by atoms with Crippen molar-refractivity contribution < 1.29 is 4.74 Å². The van der Waals surface area contributed by atoms with Crippen LogP contribution >= 0.6 is 0 Å². The summed E-state index contributed by atoms with van der Waals surface area (Å²) in [6, 6.07) is 16.0. The number of fused-ring (bicyclic) bond motifs is 1. The lowest BCUT2D eigenvalue weighted by Gasteiger charge is -2.28. The van der Waals surface area contributed by atoms with Gasteiger partial charge in [-0.15, -0.1) is 0 Å². The van der Waals surface area contributed by atoms with E-state index in [9.17, 15) is 0 Å². The lowest BCUT2D eigenvalue weighted by atomic mass is 9.93. The Bertz CT molecular complexity index is 728. The van der Waals surface area contributed by atoms with Crippen LogP contribution in [-0.4, -0.2) is 5.60 Å². The lowest BCUT2D eigenvalue weighted by Crippen LogP contribution is -2.34. The van der Waals surface area contributed by atoms with Gasteiger partial charge >= 0.3 is 0 Å². The van der Waals surface area contributed by atoms with E-state index in [1.165, 1.54) is 0 Å². The van der Waals surface area contributed by atoms with Gasteiger partial charge in [-0.3, -0.25) is 0 Å². The van der Waals surface area contributed by atoms with Gasteiger partial charge in [-0.1, -0.05) is 24.3 Å². The number of hydrogen-bond donors (Lipinski definition) is 1. The Kier molecular flexibility index (Phi) is 3.10. The zero-order valence-corrected chi connectivity index (χ0v) is 12.5. The van der Waals surface area contributed by atoms with Crippen molar-refractivity contribution in [1.29, 1.82) is 5.26 Å². The van der Waals surface area contributed by atoms with Crippen LogP contribution in [0.5, 0.6) is 5.75 Å². The molecule has 0 saturated heterocycles. The third-order valence-electron chi connectivity index (χ3n) is 3.96. The summed E-state index contributed by atoms with van der Waals surface area (Å²) in [5.41, 5.74) is 3.58. The van der Waals surface area contributed by atoms with Crippen molar-refractivity contribution in [1.82, 2.24) is 0 Å². The van der Waals surface area contributed by atoms with E-state index in [4.69, 9.17) is 10.00 Å². The van der Waals surface area contributed by atoms with Crippen LogP contribution in [-0.2, 0) is 0 Å². The SMILES string of the molecule is Cc1ccc(C#N)cc1NC1c2ccccc2OC1(C)C. The molecule has 1 heterocycles. The highest BCUT2D eigenvalue weighted by atomic mass is 16.5. The van der Waals surface area contributed by atoms with Crippen molar-refractivity contribution in [2.24, 2.45) is 0 Å². The Morgan fingerprint density at radius 2 is 1.95 bits per heavy atom. The number of nitriles is 1.